The first-order chi connectivity index (χ1) is 28.6. The summed E-state index contributed by atoms with van der Waals surface area (Å²) in [4.78, 5) is 23.0. The van der Waals surface area contributed by atoms with Crippen molar-refractivity contribution in [1.29, 1.82) is 0 Å². The molecule has 0 rings (SSSR count). The first kappa shape index (κ1) is 58.1. The minimum atomic E-state index is -4.29. The summed E-state index contributed by atoms with van der Waals surface area (Å²) < 4.78 is 34.9. The quantitative estimate of drug-likeness (QED) is 0.0214. The average Bonchev–Trinajstić information content (AvgIpc) is 3.19. The van der Waals surface area contributed by atoms with E-state index in [0.29, 0.717) is 17.4 Å². The van der Waals surface area contributed by atoms with Crippen LogP contribution in [0.25, 0.3) is 0 Å². The van der Waals surface area contributed by atoms with Gasteiger partial charge in [0.1, 0.15) is 19.8 Å². The normalized spacial score (nSPS) is 13.6. The number of hydrogen-bond acceptors (Lipinski definition) is 6. The average molecular weight is 859 g/mol. The topological polar surface area (TPSA) is 91.3 Å². The molecule has 0 heterocycles. The van der Waals surface area contributed by atoms with Gasteiger partial charge in [-0.25, -0.2) is 4.57 Å². The van der Waals surface area contributed by atoms with Crippen LogP contribution in [0.4, 0.5) is 0 Å². The molecule has 0 aromatic heterocycles. The van der Waals surface area contributed by atoms with Crippen molar-refractivity contribution >= 4 is 13.8 Å². The first-order valence-electron chi connectivity index (χ1n) is 25.5. The number of esters is 1. The number of nitrogens with zero attached hydrogens (tertiary/aromatic N) is 1. The molecular formula is C50H101NO7P+. The van der Waals surface area contributed by atoms with Gasteiger partial charge in [-0.15, -0.1) is 0 Å². The standard InChI is InChI=1S/C50H100NO7P/c1-6-8-10-12-14-16-18-20-22-24-25-26-27-28-29-31-33-35-37-39-41-43-50(52)58-49(48-57-59(53,54)56-46-44-51(3,4)5)47-55-45-42-40-38-36-34-32-30-23-21-19-17-15-13-11-9-7-2/h42,45,49H,6-41,43-44,46-48H2,1-5H3/p+1/b45-42-/t49-/m1/s1. The second-order valence-corrected chi connectivity index (χ2v) is 20.1. The molecule has 1 unspecified atom stereocenters. The van der Waals surface area contributed by atoms with Gasteiger partial charge in [-0.1, -0.05) is 226 Å². The molecule has 0 aromatic carbocycles. The molecule has 0 fully saturated rings. The van der Waals surface area contributed by atoms with Gasteiger partial charge in [-0.2, -0.15) is 0 Å². The number of phosphoric acid groups is 1. The lowest BCUT2D eigenvalue weighted by atomic mass is 10.0. The van der Waals surface area contributed by atoms with Crippen LogP contribution in [-0.2, 0) is 27.9 Å². The molecule has 8 nitrogen and oxygen atoms in total. The Morgan fingerprint density at radius 2 is 0.881 bits per heavy atom. The predicted octanol–water partition coefficient (Wildman–Crippen LogP) is 15.7. The Morgan fingerprint density at radius 1 is 0.525 bits per heavy atom. The van der Waals surface area contributed by atoms with E-state index in [9.17, 15) is 14.3 Å². The van der Waals surface area contributed by atoms with Crippen molar-refractivity contribution in [1.82, 2.24) is 0 Å². The Morgan fingerprint density at radius 3 is 1.25 bits per heavy atom. The van der Waals surface area contributed by atoms with Crippen LogP contribution in [0.3, 0.4) is 0 Å². The molecule has 0 aliphatic heterocycles. The molecule has 0 bridgehead atoms. The number of ether oxygens (including phenoxy) is 2. The van der Waals surface area contributed by atoms with Gasteiger partial charge in [-0.05, 0) is 25.3 Å². The molecule has 0 aliphatic rings. The summed E-state index contributed by atoms with van der Waals surface area (Å²) in [5.41, 5.74) is 0. The van der Waals surface area contributed by atoms with E-state index in [1.54, 1.807) is 6.26 Å². The summed E-state index contributed by atoms with van der Waals surface area (Å²) in [5.74, 6) is -0.329. The lowest BCUT2D eigenvalue weighted by Gasteiger charge is -2.24. The van der Waals surface area contributed by atoms with Crippen LogP contribution in [0, 0.1) is 0 Å². The fourth-order valence-electron chi connectivity index (χ4n) is 7.46. The zero-order valence-corrected chi connectivity index (χ0v) is 40.9. The van der Waals surface area contributed by atoms with E-state index in [0.717, 1.165) is 32.1 Å². The highest BCUT2D eigenvalue weighted by molar-refractivity contribution is 7.47. The molecule has 352 valence electrons. The zero-order valence-electron chi connectivity index (χ0n) is 40.0. The van der Waals surface area contributed by atoms with Crippen LogP contribution in [0.1, 0.15) is 251 Å². The van der Waals surface area contributed by atoms with E-state index in [-0.39, 0.29) is 25.8 Å². The van der Waals surface area contributed by atoms with Gasteiger partial charge in [0.15, 0.2) is 6.10 Å². The maximum absolute atomic E-state index is 12.7. The number of unbranched alkanes of at least 4 members (excludes halogenated alkanes) is 34. The molecule has 0 amide bonds. The lowest BCUT2D eigenvalue weighted by Crippen LogP contribution is -2.37. The number of quaternary nitrogens is 1. The third-order valence-corrected chi connectivity index (χ3v) is 12.4. The van der Waals surface area contributed by atoms with Crippen molar-refractivity contribution in [2.24, 2.45) is 0 Å². The summed E-state index contributed by atoms with van der Waals surface area (Å²) >= 11 is 0. The van der Waals surface area contributed by atoms with E-state index in [1.807, 2.05) is 27.2 Å². The van der Waals surface area contributed by atoms with Gasteiger partial charge in [-0.3, -0.25) is 13.8 Å². The number of likely N-dealkylation sites (N-methyl/N-ethyl adjacent to an activating group) is 1. The van der Waals surface area contributed by atoms with Crippen LogP contribution in [0.2, 0.25) is 0 Å². The SMILES string of the molecule is CCCCCCCCCCCCCCCC/C=C\OC[C@H](COP(=O)(O)OCC[N+](C)(C)C)OC(=O)CCCCCCCCCCCCCCCCCCCCCCC. The summed E-state index contributed by atoms with van der Waals surface area (Å²) in [6.07, 6.45) is 50.7. The van der Waals surface area contributed by atoms with Crippen molar-refractivity contribution in [2.45, 2.75) is 258 Å². The first-order valence-corrected chi connectivity index (χ1v) is 27.0. The summed E-state index contributed by atoms with van der Waals surface area (Å²) in [5, 5.41) is 0. The zero-order chi connectivity index (χ0) is 43.4. The van der Waals surface area contributed by atoms with Gasteiger partial charge in [0.2, 0.25) is 0 Å². The third kappa shape index (κ3) is 48.0. The van der Waals surface area contributed by atoms with Crippen LogP contribution >= 0.6 is 7.82 Å². The molecule has 0 saturated heterocycles. The Kier molecular flexibility index (Phi) is 43.0. The molecule has 0 aliphatic carbocycles. The summed E-state index contributed by atoms with van der Waals surface area (Å²) in [6.45, 7) is 4.99. The minimum Gasteiger partial charge on any atom is -0.498 e. The highest BCUT2D eigenvalue weighted by Crippen LogP contribution is 2.43. The predicted molar refractivity (Wildman–Crippen MR) is 252 cm³/mol. The number of allylic oxidation sites excluding steroid dienone is 1. The molecule has 59 heavy (non-hydrogen) atoms. The van der Waals surface area contributed by atoms with Crippen molar-refractivity contribution in [3.63, 3.8) is 0 Å². The molecule has 0 spiro atoms. The van der Waals surface area contributed by atoms with Crippen LogP contribution in [0.15, 0.2) is 12.3 Å². The van der Waals surface area contributed by atoms with E-state index in [4.69, 9.17) is 18.5 Å². The van der Waals surface area contributed by atoms with Gasteiger partial charge in [0, 0.05) is 6.42 Å². The number of carbonyl (C=O) groups excluding carboxylic acids is 1. The van der Waals surface area contributed by atoms with Crippen molar-refractivity contribution < 1.29 is 37.3 Å². The monoisotopic (exact) mass is 859 g/mol. The second kappa shape index (κ2) is 43.7. The van der Waals surface area contributed by atoms with Gasteiger partial charge in [0.25, 0.3) is 0 Å². The third-order valence-electron chi connectivity index (χ3n) is 11.4. The minimum absolute atomic E-state index is 0.0547. The smallest absolute Gasteiger partial charge is 0.472 e. The highest BCUT2D eigenvalue weighted by Gasteiger charge is 2.26. The van der Waals surface area contributed by atoms with E-state index in [2.05, 4.69) is 13.8 Å². The van der Waals surface area contributed by atoms with Gasteiger partial charge < -0.3 is 18.9 Å². The fourth-order valence-corrected chi connectivity index (χ4v) is 8.20. The van der Waals surface area contributed by atoms with Gasteiger partial charge in [0.05, 0.1) is 34.0 Å². The van der Waals surface area contributed by atoms with Crippen molar-refractivity contribution in [2.75, 3.05) is 47.5 Å². The number of hydrogen-bond donors (Lipinski definition) is 1. The van der Waals surface area contributed by atoms with Crippen LogP contribution in [0.5, 0.6) is 0 Å². The van der Waals surface area contributed by atoms with Gasteiger partial charge >= 0.3 is 13.8 Å². The maximum Gasteiger partial charge on any atom is 0.472 e. The number of phosphoric ester groups is 1. The molecule has 9 heteroatoms. The van der Waals surface area contributed by atoms with Crippen molar-refractivity contribution in [3.8, 4) is 0 Å². The van der Waals surface area contributed by atoms with Crippen molar-refractivity contribution in [3.05, 3.63) is 12.3 Å². The molecule has 0 aromatic rings. The summed E-state index contributed by atoms with van der Waals surface area (Å²) in [7, 11) is 1.65. The molecule has 1 N–H and O–H groups in total. The summed E-state index contributed by atoms with van der Waals surface area (Å²) in [6, 6.07) is 0. The fraction of sp³-hybridized carbons (Fsp3) is 0.940. The Labute approximate surface area is 367 Å². The second-order valence-electron chi connectivity index (χ2n) is 18.6. The highest BCUT2D eigenvalue weighted by atomic mass is 31.2. The molecular weight excluding hydrogens is 758 g/mol. The van der Waals surface area contributed by atoms with Crippen LogP contribution in [-0.4, -0.2) is 69.0 Å². The van der Waals surface area contributed by atoms with Crippen LogP contribution < -0.4 is 0 Å². The van der Waals surface area contributed by atoms with E-state index >= 15 is 0 Å². The Balaban J connectivity index is 4.13. The largest absolute Gasteiger partial charge is 0.498 e. The molecule has 0 radical (unpaired) electrons. The number of rotatable bonds is 48. The Hall–Kier alpha value is -0.920. The molecule has 0 saturated carbocycles. The Bertz CT molecular complexity index is 956. The van der Waals surface area contributed by atoms with E-state index < -0.39 is 13.9 Å². The molecule has 2 atom stereocenters. The van der Waals surface area contributed by atoms with E-state index in [1.165, 1.54) is 199 Å². The lowest BCUT2D eigenvalue weighted by molar-refractivity contribution is -0.870. The maximum atomic E-state index is 12.7. The number of carbonyl (C=O) groups is 1.